The molecule has 5 aromatic rings. The van der Waals surface area contributed by atoms with Gasteiger partial charge in [0.25, 0.3) is 5.56 Å². The number of imidazole rings is 3. The summed E-state index contributed by atoms with van der Waals surface area (Å²) in [5.74, 6) is -0.175. The summed E-state index contributed by atoms with van der Waals surface area (Å²) < 4.78 is 63.2. The van der Waals surface area contributed by atoms with Crippen molar-refractivity contribution in [2.45, 2.75) is 49.1 Å². The van der Waals surface area contributed by atoms with Gasteiger partial charge in [-0.3, -0.25) is 32.5 Å². The number of phosphoric acid groups is 1. The Kier molecular flexibility index (Phi) is 9.24. The molecule has 0 aliphatic carbocycles. The van der Waals surface area contributed by atoms with Crippen molar-refractivity contribution in [2.75, 3.05) is 31.8 Å². The van der Waals surface area contributed by atoms with Gasteiger partial charge >= 0.3 is 15.6 Å². The van der Waals surface area contributed by atoms with Gasteiger partial charge in [-0.2, -0.15) is 4.98 Å². The van der Waals surface area contributed by atoms with Crippen LogP contribution in [-0.4, -0.2) is 125 Å². The van der Waals surface area contributed by atoms with Gasteiger partial charge in [0, 0.05) is 19.5 Å². The van der Waals surface area contributed by atoms with E-state index in [0.717, 1.165) is 21.6 Å². The Morgan fingerprint density at radius 3 is 2.33 bits per heavy atom. The maximum absolute atomic E-state index is 13.4. The molecule has 0 spiro atoms. The van der Waals surface area contributed by atoms with Gasteiger partial charge in [0.2, 0.25) is 5.95 Å². The standard InChI is InChI=1S/C24H30N12O13P2/c1-44-17-16(11(5-45-50(40,41)34-3-2-27-7-34)48-23(17)35-8-30-12-18(25)28-6-29-19(12)35)49-51(42,43)46-4-10-14(37)15(38)22(47-10)36-9-31-13-20(36)32-24(26)33-21(13)39/h2-3,6-11,14-17,22-23,37-38H,4-5H2,1H3,(H,40,41)(H,42,43)(H2,25,28,29)(H3,26,32,33,39)/t10-,11-,14?,15+,16?,17+,22-,23-/m1/s1. The zero-order valence-electron chi connectivity index (χ0n) is 26.0. The summed E-state index contributed by atoms with van der Waals surface area (Å²) >= 11 is 0. The van der Waals surface area contributed by atoms with Crippen LogP contribution in [0.5, 0.6) is 0 Å². The quantitative estimate of drug-likeness (QED) is 0.0678. The van der Waals surface area contributed by atoms with Crippen molar-refractivity contribution in [2.24, 2.45) is 0 Å². The SMILES string of the molecule is CO[C@H]1C(OP(=O)(O)OC[C@H]2O[C@@H](n3cnc4c(=O)[nH]c(N)nc43)[C@@H](O)C2O)[C@@H](COP(=O)(O)n2ccnc2)O[C@H]1n1cnc2c(N)ncnc21. The number of hydrogen-bond acceptors (Lipinski definition) is 19. The number of nitrogens with one attached hydrogen (secondary N) is 1. The lowest BCUT2D eigenvalue weighted by Crippen LogP contribution is -2.38. The second kappa shape index (κ2) is 13.4. The molecular formula is C24H30N12O13P2. The number of H-pyrrole nitrogens is 1. The van der Waals surface area contributed by atoms with E-state index in [1.165, 1.54) is 36.7 Å². The van der Waals surface area contributed by atoms with Gasteiger partial charge in [0.15, 0.2) is 35.1 Å². The van der Waals surface area contributed by atoms with E-state index < -0.39 is 83.4 Å². The predicted molar refractivity (Wildman–Crippen MR) is 167 cm³/mol. The third kappa shape index (κ3) is 6.54. The summed E-state index contributed by atoms with van der Waals surface area (Å²) in [6.45, 7) is -1.47. The fourth-order valence-electron chi connectivity index (χ4n) is 5.72. The largest absolute Gasteiger partial charge is 0.472 e. The van der Waals surface area contributed by atoms with Crippen molar-refractivity contribution >= 4 is 49.7 Å². The maximum Gasteiger partial charge on any atom is 0.472 e. The summed E-state index contributed by atoms with van der Waals surface area (Å²) in [6, 6.07) is 0. The minimum Gasteiger partial charge on any atom is -0.387 e. The molecule has 2 saturated heterocycles. The molecule has 51 heavy (non-hydrogen) atoms. The molecule has 9 N–H and O–H groups in total. The van der Waals surface area contributed by atoms with Crippen LogP contribution in [0.15, 0.2) is 42.5 Å². The van der Waals surface area contributed by atoms with Crippen LogP contribution in [0.4, 0.5) is 11.8 Å². The minimum absolute atomic E-state index is 0.0554. The van der Waals surface area contributed by atoms with E-state index in [4.69, 9.17) is 39.2 Å². The average molecular weight is 757 g/mol. The molecule has 10 atom stereocenters. The first-order chi connectivity index (χ1) is 24.3. The average Bonchev–Trinajstić information content (AvgIpc) is 3.92. The van der Waals surface area contributed by atoms with Crippen LogP contribution < -0.4 is 17.0 Å². The van der Waals surface area contributed by atoms with E-state index in [2.05, 4.69) is 34.9 Å². The first-order valence-electron chi connectivity index (χ1n) is 14.7. The fourth-order valence-corrected chi connectivity index (χ4v) is 7.57. The number of aromatic nitrogens is 10. The van der Waals surface area contributed by atoms with E-state index in [1.54, 1.807) is 0 Å². The topological polar surface area (TPSA) is 347 Å². The van der Waals surface area contributed by atoms with Gasteiger partial charge in [-0.1, -0.05) is 0 Å². The third-order valence-electron chi connectivity index (χ3n) is 8.13. The monoisotopic (exact) mass is 756 g/mol. The normalized spacial score (nSPS) is 29.1. The first kappa shape index (κ1) is 35.2. The van der Waals surface area contributed by atoms with Crippen LogP contribution in [0.25, 0.3) is 22.3 Å². The number of anilines is 2. The van der Waals surface area contributed by atoms with Crippen LogP contribution in [0, 0.1) is 0 Å². The molecule has 0 aromatic carbocycles. The van der Waals surface area contributed by atoms with Crippen molar-refractivity contribution in [1.29, 1.82) is 0 Å². The smallest absolute Gasteiger partial charge is 0.387 e. The Morgan fingerprint density at radius 1 is 0.902 bits per heavy atom. The maximum atomic E-state index is 13.4. The summed E-state index contributed by atoms with van der Waals surface area (Å²) in [5, 5.41) is 21.5. The number of aliphatic hydroxyl groups excluding tert-OH is 2. The Hall–Kier alpha value is -4.23. The highest BCUT2D eigenvalue weighted by Gasteiger charge is 2.52. The fraction of sp³-hybridized carbons (Fsp3) is 0.458. The molecule has 2 aliphatic rings. The number of aromatic amines is 1. The highest BCUT2D eigenvalue weighted by molar-refractivity contribution is 7.51. The second-order valence-electron chi connectivity index (χ2n) is 11.2. The second-order valence-corrected chi connectivity index (χ2v) is 14.3. The van der Waals surface area contributed by atoms with E-state index in [0.29, 0.717) is 0 Å². The summed E-state index contributed by atoms with van der Waals surface area (Å²) in [5.41, 5.74) is 11.2. The summed E-state index contributed by atoms with van der Waals surface area (Å²) in [4.78, 5) is 59.8. The number of fused-ring (bicyclic) bond motifs is 2. The predicted octanol–water partition coefficient (Wildman–Crippen LogP) is -1.98. The van der Waals surface area contributed by atoms with E-state index >= 15 is 0 Å². The Labute approximate surface area is 283 Å². The highest BCUT2D eigenvalue weighted by atomic mass is 31.2. The molecule has 0 radical (unpaired) electrons. The number of nitrogens with two attached hydrogens (primary N) is 2. The summed E-state index contributed by atoms with van der Waals surface area (Å²) in [7, 11) is -8.39. The van der Waals surface area contributed by atoms with Crippen LogP contribution in [0.1, 0.15) is 12.5 Å². The molecular weight excluding hydrogens is 726 g/mol. The molecule has 7 heterocycles. The van der Waals surface area contributed by atoms with Crippen molar-refractivity contribution < 1.29 is 56.9 Å². The number of methoxy groups -OCH3 is 1. The van der Waals surface area contributed by atoms with Gasteiger partial charge in [-0.25, -0.2) is 38.4 Å². The van der Waals surface area contributed by atoms with Gasteiger partial charge in [-0.05, 0) is 0 Å². The number of ether oxygens (including phenoxy) is 3. The number of nitrogen functional groups attached to an aromatic ring is 2. The van der Waals surface area contributed by atoms with Gasteiger partial charge in [0.1, 0.15) is 54.8 Å². The van der Waals surface area contributed by atoms with E-state index in [9.17, 15) is 33.9 Å². The third-order valence-corrected chi connectivity index (χ3v) is 10.4. The molecule has 274 valence electrons. The number of aliphatic hydroxyl groups is 2. The van der Waals surface area contributed by atoms with Crippen molar-refractivity contribution in [3.63, 3.8) is 0 Å². The Bertz CT molecular complexity index is 2200. The lowest BCUT2D eigenvalue weighted by Gasteiger charge is -2.26. The molecule has 25 nitrogen and oxygen atoms in total. The molecule has 7 rings (SSSR count). The zero-order chi connectivity index (χ0) is 36.2. The zero-order valence-corrected chi connectivity index (χ0v) is 27.8. The van der Waals surface area contributed by atoms with Gasteiger partial charge in [-0.15, -0.1) is 0 Å². The molecule has 27 heteroatoms. The molecule has 0 amide bonds. The van der Waals surface area contributed by atoms with Gasteiger partial charge in [0.05, 0.1) is 25.9 Å². The molecule has 2 fully saturated rings. The van der Waals surface area contributed by atoms with Crippen molar-refractivity contribution in [3.05, 3.63) is 48.1 Å². The van der Waals surface area contributed by atoms with Crippen molar-refractivity contribution in [3.8, 4) is 0 Å². The lowest BCUT2D eigenvalue weighted by atomic mass is 10.1. The van der Waals surface area contributed by atoms with Crippen molar-refractivity contribution in [1.82, 2.24) is 48.4 Å². The van der Waals surface area contributed by atoms with Crippen LogP contribution in [0.3, 0.4) is 0 Å². The van der Waals surface area contributed by atoms with E-state index in [1.807, 2.05) is 0 Å². The summed E-state index contributed by atoms with van der Waals surface area (Å²) in [6.07, 6.45) is -4.17. The van der Waals surface area contributed by atoms with Crippen LogP contribution in [-0.2, 0) is 36.9 Å². The number of hydrogen-bond donors (Lipinski definition) is 7. The number of phosphoric ester groups is 1. The van der Waals surface area contributed by atoms with Crippen LogP contribution >= 0.6 is 15.6 Å². The molecule has 2 aliphatic heterocycles. The minimum atomic E-state index is -5.13. The molecule has 0 saturated carbocycles. The Morgan fingerprint density at radius 2 is 1.61 bits per heavy atom. The number of nitrogens with zero attached hydrogens (tertiary/aromatic N) is 9. The number of rotatable bonds is 12. The van der Waals surface area contributed by atoms with E-state index in [-0.39, 0.29) is 34.1 Å². The molecule has 5 aromatic heterocycles. The van der Waals surface area contributed by atoms with Gasteiger partial charge < -0.3 is 45.7 Å². The van der Waals surface area contributed by atoms with Crippen LogP contribution in [0.2, 0.25) is 0 Å². The first-order valence-corrected chi connectivity index (χ1v) is 17.8. The highest BCUT2D eigenvalue weighted by Crippen LogP contribution is 2.51. The lowest BCUT2D eigenvalue weighted by molar-refractivity contribution is -0.0580. The Balaban J connectivity index is 1.10. The molecule has 4 unspecified atom stereocenters. The molecule has 0 bridgehead atoms.